The summed E-state index contributed by atoms with van der Waals surface area (Å²) in [5, 5.41) is 8.34. The van der Waals surface area contributed by atoms with Crippen molar-refractivity contribution in [3.05, 3.63) is 108 Å². The molecule has 0 spiro atoms. The second-order valence-corrected chi connectivity index (χ2v) is 12.6. The maximum atomic E-state index is 13.9. The van der Waals surface area contributed by atoms with Gasteiger partial charge in [-0.1, -0.05) is 91.0 Å². The van der Waals surface area contributed by atoms with Gasteiger partial charge in [0.15, 0.2) is 0 Å². The van der Waals surface area contributed by atoms with Crippen LogP contribution in [-0.4, -0.2) is 75.1 Å². The van der Waals surface area contributed by atoms with E-state index in [1.807, 2.05) is 91.0 Å². The van der Waals surface area contributed by atoms with E-state index < -0.39 is 71.5 Å². The fraction of sp³-hybridized carbons (Fsp3) is 0.385. The van der Waals surface area contributed by atoms with E-state index in [1.165, 1.54) is 21.3 Å². The number of methoxy groups -OCH3 is 3. The van der Waals surface area contributed by atoms with Gasteiger partial charge in [0.2, 0.25) is 17.7 Å². The van der Waals surface area contributed by atoms with E-state index in [9.17, 15) is 28.8 Å². The minimum atomic E-state index is -1.02. The highest BCUT2D eigenvalue weighted by Crippen LogP contribution is 2.35. The summed E-state index contributed by atoms with van der Waals surface area (Å²) in [6.07, 6.45) is 0.639. The average molecular weight is 700 g/mol. The van der Waals surface area contributed by atoms with Gasteiger partial charge in [0.1, 0.15) is 18.1 Å². The smallest absolute Gasteiger partial charge is 0.328 e. The zero-order valence-corrected chi connectivity index (χ0v) is 29.0. The minimum Gasteiger partial charge on any atom is -0.467 e. The van der Waals surface area contributed by atoms with Gasteiger partial charge in [-0.15, -0.1) is 0 Å². The number of carbonyl (C=O) groups excluding carboxylic acids is 6. The molecule has 3 N–H and O–H groups in total. The number of ether oxygens (including phenoxy) is 3. The molecule has 0 aromatic heterocycles. The van der Waals surface area contributed by atoms with Gasteiger partial charge in [0, 0.05) is 37.0 Å². The maximum absolute atomic E-state index is 13.9. The number of amides is 3. The van der Waals surface area contributed by atoms with Crippen molar-refractivity contribution in [1.82, 2.24) is 16.0 Å². The molecule has 270 valence electrons. The summed E-state index contributed by atoms with van der Waals surface area (Å²) >= 11 is 0. The molecule has 4 rings (SSSR count). The molecule has 12 heteroatoms. The molecule has 1 aliphatic carbocycles. The molecule has 0 aliphatic heterocycles. The van der Waals surface area contributed by atoms with E-state index >= 15 is 0 Å². The molecule has 3 unspecified atom stereocenters. The monoisotopic (exact) mass is 699 g/mol. The Hall–Kier alpha value is -5.52. The minimum absolute atomic E-state index is 0.0460. The van der Waals surface area contributed by atoms with Crippen molar-refractivity contribution in [1.29, 1.82) is 0 Å². The number of nitrogens with one attached hydrogen (secondary N) is 3. The molecule has 3 aromatic rings. The highest BCUT2D eigenvalue weighted by molar-refractivity contribution is 5.91. The second kappa shape index (κ2) is 19.0. The van der Waals surface area contributed by atoms with Gasteiger partial charge in [-0.2, -0.15) is 0 Å². The molecule has 1 fully saturated rings. The molecule has 0 saturated heterocycles. The summed E-state index contributed by atoms with van der Waals surface area (Å²) in [7, 11) is 3.69. The van der Waals surface area contributed by atoms with Crippen LogP contribution in [0.25, 0.3) is 0 Å². The van der Waals surface area contributed by atoms with E-state index in [4.69, 9.17) is 14.2 Å². The third-order valence-corrected chi connectivity index (χ3v) is 9.07. The lowest BCUT2D eigenvalue weighted by molar-refractivity contribution is -0.148. The van der Waals surface area contributed by atoms with Crippen LogP contribution in [0.2, 0.25) is 0 Å². The van der Waals surface area contributed by atoms with Crippen LogP contribution in [0.3, 0.4) is 0 Å². The maximum Gasteiger partial charge on any atom is 0.328 e. The first-order chi connectivity index (χ1) is 24.6. The van der Waals surface area contributed by atoms with Crippen molar-refractivity contribution < 1.29 is 43.0 Å². The number of esters is 3. The topological polar surface area (TPSA) is 166 Å². The lowest BCUT2D eigenvalue weighted by Gasteiger charge is -2.34. The summed E-state index contributed by atoms with van der Waals surface area (Å²) in [6.45, 7) is 0. The Morgan fingerprint density at radius 3 is 0.922 bits per heavy atom. The number of hydrogen-bond donors (Lipinski definition) is 3. The third kappa shape index (κ3) is 11.2. The van der Waals surface area contributed by atoms with Gasteiger partial charge in [0.25, 0.3) is 0 Å². The van der Waals surface area contributed by atoms with Crippen molar-refractivity contribution in [2.45, 2.75) is 56.7 Å². The van der Waals surface area contributed by atoms with E-state index in [0.29, 0.717) is 0 Å². The number of carbonyl (C=O) groups is 6. The average Bonchev–Trinajstić information content (AvgIpc) is 3.17. The first-order valence-corrected chi connectivity index (χ1v) is 16.9. The lowest BCUT2D eigenvalue weighted by atomic mass is 9.73. The number of rotatable bonds is 15. The SMILES string of the molecule is COC(=O)C(Cc1ccccc1)NC(=O)[C@H]1C[C@@H](C(=O)NC(Cc2ccccc2)C(=O)OC)C[C@@H](C(=O)NC(Cc2ccccc2)C(=O)OC)C1. The third-order valence-electron chi connectivity index (χ3n) is 9.07. The summed E-state index contributed by atoms with van der Waals surface area (Å²) in [5.74, 6) is -6.13. The van der Waals surface area contributed by atoms with E-state index in [-0.39, 0.29) is 38.5 Å². The second-order valence-electron chi connectivity index (χ2n) is 12.6. The van der Waals surface area contributed by atoms with Crippen LogP contribution in [-0.2, 0) is 62.2 Å². The van der Waals surface area contributed by atoms with Crippen molar-refractivity contribution in [2.24, 2.45) is 17.8 Å². The van der Waals surface area contributed by atoms with Crippen LogP contribution in [0.1, 0.15) is 36.0 Å². The standard InChI is InChI=1S/C39H45N3O9/c1-49-37(46)31(19-25-13-7-4-8-14-25)40-34(43)28-22-29(35(44)41-32(38(47)50-2)20-26-15-9-5-10-16-26)24-30(23-28)36(45)42-33(39(48)51-3)21-27-17-11-6-12-18-27/h4-18,28-33H,19-24H2,1-3H3,(H,40,43)(H,41,44)(H,42,45)/t28-,29+,30-,31?,32?,33?. The van der Waals surface area contributed by atoms with Gasteiger partial charge in [0.05, 0.1) is 21.3 Å². The zero-order chi connectivity index (χ0) is 36.8. The quantitative estimate of drug-likeness (QED) is 0.160. The summed E-state index contributed by atoms with van der Waals surface area (Å²) in [4.78, 5) is 79.8. The zero-order valence-electron chi connectivity index (χ0n) is 29.0. The van der Waals surface area contributed by atoms with E-state index in [2.05, 4.69) is 16.0 Å². The Bertz CT molecular complexity index is 1440. The van der Waals surface area contributed by atoms with Crippen LogP contribution in [0.4, 0.5) is 0 Å². The molecule has 12 nitrogen and oxygen atoms in total. The molecule has 51 heavy (non-hydrogen) atoms. The normalized spacial score (nSPS) is 18.5. The Morgan fingerprint density at radius 1 is 0.471 bits per heavy atom. The van der Waals surface area contributed by atoms with Crippen molar-refractivity contribution in [2.75, 3.05) is 21.3 Å². The molecule has 0 radical (unpaired) electrons. The van der Waals surface area contributed by atoms with Gasteiger partial charge in [-0.05, 0) is 36.0 Å². The Balaban J connectivity index is 1.57. The Morgan fingerprint density at radius 2 is 0.706 bits per heavy atom. The molecule has 3 atom stereocenters. The van der Waals surface area contributed by atoms with Crippen molar-refractivity contribution >= 4 is 35.6 Å². The van der Waals surface area contributed by atoms with Gasteiger partial charge in [-0.25, -0.2) is 14.4 Å². The Labute approximate surface area is 297 Å². The van der Waals surface area contributed by atoms with Gasteiger partial charge in [-0.3, -0.25) is 14.4 Å². The summed E-state index contributed by atoms with van der Waals surface area (Å²) < 4.78 is 14.9. The molecular weight excluding hydrogens is 654 g/mol. The molecule has 1 saturated carbocycles. The predicted molar refractivity (Wildman–Crippen MR) is 187 cm³/mol. The molecule has 0 heterocycles. The predicted octanol–water partition coefficient (Wildman–Crippen LogP) is 2.72. The summed E-state index contributed by atoms with van der Waals surface area (Å²) in [6, 6.07) is 24.3. The van der Waals surface area contributed by atoms with E-state index in [0.717, 1.165) is 16.7 Å². The molecule has 3 amide bonds. The molecule has 1 aliphatic rings. The number of benzene rings is 3. The highest BCUT2D eigenvalue weighted by Gasteiger charge is 2.41. The van der Waals surface area contributed by atoms with Crippen molar-refractivity contribution in [3.8, 4) is 0 Å². The van der Waals surface area contributed by atoms with Crippen molar-refractivity contribution in [3.63, 3.8) is 0 Å². The molecule has 3 aromatic carbocycles. The van der Waals surface area contributed by atoms with Gasteiger partial charge < -0.3 is 30.2 Å². The van der Waals surface area contributed by atoms with Crippen LogP contribution < -0.4 is 16.0 Å². The highest BCUT2D eigenvalue weighted by atomic mass is 16.5. The fourth-order valence-electron chi connectivity index (χ4n) is 6.39. The Kier molecular flexibility index (Phi) is 14.3. The molecular formula is C39H45N3O9. The first kappa shape index (κ1) is 38.3. The van der Waals surface area contributed by atoms with Crippen LogP contribution >= 0.6 is 0 Å². The molecule has 0 bridgehead atoms. The fourth-order valence-corrected chi connectivity index (χ4v) is 6.39. The largest absolute Gasteiger partial charge is 0.467 e. The summed E-state index contributed by atoms with van der Waals surface area (Å²) in [5.41, 5.74) is 2.39. The van der Waals surface area contributed by atoms with Gasteiger partial charge >= 0.3 is 17.9 Å². The first-order valence-electron chi connectivity index (χ1n) is 16.9. The van der Waals surface area contributed by atoms with Crippen LogP contribution in [0.5, 0.6) is 0 Å². The van der Waals surface area contributed by atoms with E-state index in [1.54, 1.807) is 0 Å². The number of hydrogen-bond acceptors (Lipinski definition) is 9. The van der Waals surface area contributed by atoms with Crippen LogP contribution in [0, 0.1) is 17.8 Å². The van der Waals surface area contributed by atoms with Crippen LogP contribution in [0.15, 0.2) is 91.0 Å². The lowest BCUT2D eigenvalue weighted by Crippen LogP contribution is -2.52.